The number of hydrogen-bond donors (Lipinski definition) is 1. The topological polar surface area (TPSA) is 30.5 Å². The highest BCUT2D eigenvalue weighted by Gasteiger charge is 2.09. The summed E-state index contributed by atoms with van der Waals surface area (Å²) in [6.45, 7) is 18.6. The predicted octanol–water partition coefficient (Wildman–Crippen LogP) is 3.87. The van der Waals surface area contributed by atoms with Crippen molar-refractivity contribution in [2.45, 2.75) is 60.8 Å². The van der Waals surface area contributed by atoms with Gasteiger partial charge in [-0.05, 0) is 36.6 Å². The van der Waals surface area contributed by atoms with Gasteiger partial charge in [-0.15, -0.1) is 0 Å². The maximum atomic E-state index is 5.56. The zero-order chi connectivity index (χ0) is 15.5. The van der Waals surface area contributed by atoms with Gasteiger partial charge in [0.05, 0.1) is 19.8 Å². The molecule has 3 nitrogen and oxygen atoms in total. The van der Waals surface area contributed by atoms with Gasteiger partial charge in [0, 0.05) is 13.2 Å². The third-order valence-electron chi connectivity index (χ3n) is 3.06. The summed E-state index contributed by atoms with van der Waals surface area (Å²) in [6, 6.07) is 0. The molecule has 3 heteroatoms. The zero-order valence-corrected chi connectivity index (χ0v) is 14.7. The van der Waals surface area contributed by atoms with E-state index in [2.05, 4.69) is 46.9 Å². The first-order valence-electron chi connectivity index (χ1n) is 8.07. The summed E-state index contributed by atoms with van der Waals surface area (Å²) in [5, 5.41) is 3.40. The van der Waals surface area contributed by atoms with Crippen LogP contribution in [0.1, 0.15) is 60.8 Å². The summed E-state index contributed by atoms with van der Waals surface area (Å²) in [7, 11) is 0. The molecule has 0 saturated carbocycles. The fraction of sp³-hybridized carbons (Fsp3) is 1.00. The molecule has 0 radical (unpaired) electrons. The molecule has 0 atom stereocenters. The van der Waals surface area contributed by atoms with Gasteiger partial charge in [0.2, 0.25) is 0 Å². The van der Waals surface area contributed by atoms with Gasteiger partial charge in [-0.2, -0.15) is 0 Å². The van der Waals surface area contributed by atoms with Crippen molar-refractivity contribution in [2.75, 3.05) is 39.5 Å². The van der Waals surface area contributed by atoms with E-state index in [-0.39, 0.29) is 0 Å². The molecule has 0 fully saturated rings. The summed E-state index contributed by atoms with van der Waals surface area (Å²) >= 11 is 0. The van der Waals surface area contributed by atoms with Crippen LogP contribution in [-0.4, -0.2) is 39.5 Å². The third-order valence-corrected chi connectivity index (χ3v) is 3.06. The van der Waals surface area contributed by atoms with Crippen LogP contribution < -0.4 is 5.32 Å². The number of hydrogen-bond acceptors (Lipinski definition) is 3. The summed E-state index contributed by atoms with van der Waals surface area (Å²) in [4.78, 5) is 0. The molecule has 0 bridgehead atoms. The molecule has 0 aliphatic carbocycles. The second kappa shape index (κ2) is 10.6. The van der Waals surface area contributed by atoms with Crippen molar-refractivity contribution >= 4 is 0 Å². The van der Waals surface area contributed by atoms with Gasteiger partial charge in [0.25, 0.3) is 0 Å². The lowest BCUT2D eigenvalue weighted by Gasteiger charge is -2.18. The third kappa shape index (κ3) is 17.9. The Morgan fingerprint density at radius 1 is 0.650 bits per heavy atom. The fourth-order valence-corrected chi connectivity index (χ4v) is 1.76. The van der Waals surface area contributed by atoms with Gasteiger partial charge in [-0.25, -0.2) is 0 Å². The molecule has 0 unspecified atom stereocenters. The van der Waals surface area contributed by atoms with Crippen LogP contribution in [0.3, 0.4) is 0 Å². The second-order valence-electron chi connectivity index (χ2n) is 7.95. The molecule has 0 heterocycles. The Kier molecular flexibility index (Phi) is 10.5. The highest BCUT2D eigenvalue weighted by molar-refractivity contribution is 4.63. The summed E-state index contributed by atoms with van der Waals surface area (Å²) < 4.78 is 11.1. The molecule has 0 aliphatic heterocycles. The number of nitrogens with one attached hydrogen (secondary N) is 1. The second-order valence-corrected chi connectivity index (χ2v) is 7.95. The van der Waals surface area contributed by atoms with Crippen LogP contribution in [0.5, 0.6) is 0 Å². The van der Waals surface area contributed by atoms with Gasteiger partial charge in [-0.3, -0.25) is 0 Å². The van der Waals surface area contributed by atoms with Crippen LogP contribution in [0.15, 0.2) is 0 Å². The smallest absolute Gasteiger partial charge is 0.0701 e. The van der Waals surface area contributed by atoms with Crippen LogP contribution in [-0.2, 0) is 9.47 Å². The maximum Gasteiger partial charge on any atom is 0.0701 e. The van der Waals surface area contributed by atoms with Crippen LogP contribution in [0, 0.1) is 10.8 Å². The molecule has 0 aromatic rings. The van der Waals surface area contributed by atoms with E-state index in [0.29, 0.717) is 24.0 Å². The Labute approximate surface area is 126 Å². The molecule has 0 aromatic carbocycles. The van der Waals surface area contributed by atoms with Crippen molar-refractivity contribution in [2.24, 2.45) is 10.8 Å². The van der Waals surface area contributed by atoms with Crippen LogP contribution in [0.4, 0.5) is 0 Å². The van der Waals surface area contributed by atoms with Gasteiger partial charge in [0.1, 0.15) is 0 Å². The largest absolute Gasteiger partial charge is 0.379 e. The van der Waals surface area contributed by atoms with Crippen molar-refractivity contribution in [1.29, 1.82) is 0 Å². The van der Waals surface area contributed by atoms with E-state index in [1.165, 1.54) is 12.8 Å². The minimum atomic E-state index is 0.411. The standard InChI is InChI=1S/C17H37NO2/c1-16(2,3)8-7-12-19-14-15-20-13-11-18-10-9-17(4,5)6/h18H,7-15H2,1-6H3. The van der Waals surface area contributed by atoms with E-state index in [4.69, 9.17) is 9.47 Å². The SMILES string of the molecule is CC(C)(C)CCCOCCOCCNCCC(C)(C)C. The van der Waals surface area contributed by atoms with Gasteiger partial charge in [-0.1, -0.05) is 41.5 Å². The first kappa shape index (κ1) is 19.9. The predicted molar refractivity (Wildman–Crippen MR) is 87.3 cm³/mol. The molecule has 0 saturated heterocycles. The molecule has 0 aromatic heterocycles. The molecule has 0 amide bonds. The van der Waals surface area contributed by atoms with Gasteiger partial charge in [0.15, 0.2) is 0 Å². The van der Waals surface area contributed by atoms with E-state index in [9.17, 15) is 0 Å². The molecule has 122 valence electrons. The molecule has 20 heavy (non-hydrogen) atoms. The van der Waals surface area contributed by atoms with E-state index >= 15 is 0 Å². The Balaban J connectivity index is 3.10. The lowest BCUT2D eigenvalue weighted by atomic mass is 9.91. The van der Waals surface area contributed by atoms with E-state index in [1.807, 2.05) is 0 Å². The monoisotopic (exact) mass is 287 g/mol. The molecule has 0 aliphatic rings. The highest BCUT2D eigenvalue weighted by Crippen LogP contribution is 2.20. The zero-order valence-electron chi connectivity index (χ0n) is 14.7. The van der Waals surface area contributed by atoms with Crippen LogP contribution in [0.2, 0.25) is 0 Å². The fourth-order valence-electron chi connectivity index (χ4n) is 1.76. The Bertz CT molecular complexity index is 192. The average Bonchev–Trinajstić information content (AvgIpc) is 2.27. The summed E-state index contributed by atoms with van der Waals surface area (Å²) in [5.74, 6) is 0. The van der Waals surface area contributed by atoms with E-state index < -0.39 is 0 Å². The number of ether oxygens (including phenoxy) is 2. The Morgan fingerprint density at radius 3 is 1.75 bits per heavy atom. The van der Waals surface area contributed by atoms with Gasteiger partial charge >= 0.3 is 0 Å². The first-order chi connectivity index (χ1) is 9.21. The van der Waals surface area contributed by atoms with Gasteiger partial charge < -0.3 is 14.8 Å². The molecule has 0 spiro atoms. The quantitative estimate of drug-likeness (QED) is 0.585. The molecule has 1 N–H and O–H groups in total. The average molecular weight is 287 g/mol. The molecular formula is C17H37NO2. The summed E-state index contributed by atoms with van der Waals surface area (Å²) in [5.41, 5.74) is 0.827. The van der Waals surface area contributed by atoms with E-state index in [0.717, 1.165) is 32.7 Å². The maximum absolute atomic E-state index is 5.56. The number of rotatable bonds is 11. The molecular weight excluding hydrogens is 250 g/mol. The van der Waals surface area contributed by atoms with Crippen molar-refractivity contribution in [3.05, 3.63) is 0 Å². The van der Waals surface area contributed by atoms with Crippen molar-refractivity contribution in [1.82, 2.24) is 5.32 Å². The minimum Gasteiger partial charge on any atom is -0.379 e. The van der Waals surface area contributed by atoms with Crippen molar-refractivity contribution in [3.63, 3.8) is 0 Å². The molecule has 0 rings (SSSR count). The van der Waals surface area contributed by atoms with E-state index in [1.54, 1.807) is 0 Å². The first-order valence-corrected chi connectivity index (χ1v) is 8.07. The summed E-state index contributed by atoms with van der Waals surface area (Å²) in [6.07, 6.45) is 3.55. The highest BCUT2D eigenvalue weighted by atomic mass is 16.5. The normalized spacial score (nSPS) is 12.9. The van der Waals surface area contributed by atoms with Crippen LogP contribution >= 0.6 is 0 Å². The minimum absolute atomic E-state index is 0.411. The Hall–Kier alpha value is -0.120. The lowest BCUT2D eigenvalue weighted by molar-refractivity contribution is 0.0452. The van der Waals surface area contributed by atoms with Crippen molar-refractivity contribution < 1.29 is 9.47 Å². The lowest BCUT2D eigenvalue weighted by Crippen LogP contribution is -2.24. The van der Waals surface area contributed by atoms with Crippen molar-refractivity contribution in [3.8, 4) is 0 Å². The Morgan fingerprint density at radius 2 is 1.20 bits per heavy atom. The van der Waals surface area contributed by atoms with Crippen LogP contribution in [0.25, 0.3) is 0 Å².